The first-order valence-electron chi connectivity index (χ1n) is 12.2. The molecule has 38 heavy (non-hydrogen) atoms. The molecule has 0 bridgehead atoms. The Kier molecular flexibility index (Phi) is 7.97. The summed E-state index contributed by atoms with van der Waals surface area (Å²) in [6.45, 7) is 2.45. The van der Waals surface area contributed by atoms with Gasteiger partial charge in [0.2, 0.25) is 0 Å². The van der Waals surface area contributed by atoms with Crippen molar-refractivity contribution in [3.05, 3.63) is 71.3 Å². The van der Waals surface area contributed by atoms with Gasteiger partial charge in [0.15, 0.2) is 5.41 Å². The van der Waals surface area contributed by atoms with E-state index in [4.69, 9.17) is 23.7 Å². The molecule has 1 heterocycles. The number of rotatable bonds is 7. The molecule has 0 fully saturated rings. The summed E-state index contributed by atoms with van der Waals surface area (Å²) in [4.78, 5) is 49.1. The third-order valence-electron chi connectivity index (χ3n) is 6.86. The highest BCUT2D eigenvalue weighted by molar-refractivity contribution is 6.02. The summed E-state index contributed by atoms with van der Waals surface area (Å²) in [6, 6.07) is 13.5. The first-order valence-corrected chi connectivity index (χ1v) is 12.2. The van der Waals surface area contributed by atoms with Crippen molar-refractivity contribution in [1.29, 1.82) is 0 Å². The SMILES string of the molecule is COC(=O)C1(C(=O)OC)Cc2ccc(-c3ccccc3)c([C@@H]3C=C[C@H](OC(C)=O)[C@@H](COC(C)=O)O3)c2C1. The van der Waals surface area contributed by atoms with Gasteiger partial charge in [0.1, 0.15) is 24.9 Å². The molecule has 2 aromatic rings. The lowest BCUT2D eigenvalue weighted by molar-refractivity contribution is -0.168. The Morgan fingerprint density at radius 1 is 0.895 bits per heavy atom. The minimum absolute atomic E-state index is 0.0629. The standard InChI is InChI=1S/C29H30O9/c1-17(30)36-16-25-23(37-18(2)31)12-13-24(38-25)26-21(19-8-6-5-7-9-19)11-10-20-14-29(15-22(20)26,27(32)34-3)28(33)35-4/h5-13,23-25H,14-16H2,1-4H3/t23-,24-,25+/m0/s1. The number of carbonyl (C=O) groups excluding carboxylic acids is 4. The second kappa shape index (κ2) is 11.2. The Balaban J connectivity index is 1.84. The zero-order chi connectivity index (χ0) is 27.4. The largest absolute Gasteiger partial charge is 0.468 e. The van der Waals surface area contributed by atoms with Crippen LogP contribution in [0.2, 0.25) is 0 Å². The molecule has 1 aliphatic heterocycles. The van der Waals surface area contributed by atoms with Crippen molar-refractivity contribution in [2.45, 2.75) is 45.0 Å². The van der Waals surface area contributed by atoms with E-state index in [1.54, 1.807) is 12.2 Å². The molecule has 9 heteroatoms. The van der Waals surface area contributed by atoms with Crippen LogP contribution >= 0.6 is 0 Å². The number of carbonyl (C=O) groups is 4. The van der Waals surface area contributed by atoms with Crippen LogP contribution < -0.4 is 0 Å². The van der Waals surface area contributed by atoms with Crippen LogP contribution in [0, 0.1) is 5.41 Å². The van der Waals surface area contributed by atoms with E-state index in [-0.39, 0.29) is 19.4 Å². The van der Waals surface area contributed by atoms with Crippen molar-refractivity contribution >= 4 is 23.9 Å². The van der Waals surface area contributed by atoms with Gasteiger partial charge in [0.25, 0.3) is 0 Å². The number of hydrogen-bond donors (Lipinski definition) is 0. The number of benzene rings is 2. The van der Waals surface area contributed by atoms with E-state index in [1.165, 1.54) is 28.1 Å². The topological polar surface area (TPSA) is 114 Å². The van der Waals surface area contributed by atoms with E-state index >= 15 is 0 Å². The summed E-state index contributed by atoms with van der Waals surface area (Å²) in [5.74, 6) is -2.33. The van der Waals surface area contributed by atoms with Gasteiger partial charge in [-0.3, -0.25) is 19.2 Å². The summed E-state index contributed by atoms with van der Waals surface area (Å²) in [6.07, 6.45) is 1.48. The molecule has 2 aromatic carbocycles. The van der Waals surface area contributed by atoms with Gasteiger partial charge in [-0.25, -0.2) is 0 Å². The molecular weight excluding hydrogens is 492 g/mol. The van der Waals surface area contributed by atoms with Crippen LogP contribution in [0.1, 0.15) is 36.6 Å². The van der Waals surface area contributed by atoms with Crippen molar-refractivity contribution in [3.63, 3.8) is 0 Å². The first-order chi connectivity index (χ1) is 18.2. The lowest BCUT2D eigenvalue weighted by Crippen LogP contribution is -2.42. The summed E-state index contributed by atoms with van der Waals surface area (Å²) >= 11 is 0. The predicted octanol–water partition coefficient (Wildman–Crippen LogP) is 3.28. The second-order valence-electron chi connectivity index (χ2n) is 9.31. The summed E-state index contributed by atoms with van der Waals surface area (Å²) < 4.78 is 27.0. The predicted molar refractivity (Wildman–Crippen MR) is 135 cm³/mol. The number of esters is 4. The first kappa shape index (κ1) is 27.1. The summed E-state index contributed by atoms with van der Waals surface area (Å²) in [5, 5.41) is 0. The minimum atomic E-state index is -1.52. The minimum Gasteiger partial charge on any atom is -0.468 e. The lowest BCUT2D eigenvalue weighted by Gasteiger charge is -2.33. The van der Waals surface area contributed by atoms with Gasteiger partial charge >= 0.3 is 23.9 Å². The van der Waals surface area contributed by atoms with Crippen LogP contribution in [-0.2, 0) is 55.7 Å². The Morgan fingerprint density at radius 3 is 2.18 bits per heavy atom. The fraction of sp³-hybridized carbons (Fsp3) is 0.379. The van der Waals surface area contributed by atoms with Gasteiger partial charge in [-0.1, -0.05) is 48.5 Å². The molecule has 0 spiro atoms. The van der Waals surface area contributed by atoms with Crippen molar-refractivity contribution in [1.82, 2.24) is 0 Å². The highest BCUT2D eigenvalue weighted by Gasteiger charge is 2.53. The molecule has 2 aliphatic rings. The zero-order valence-corrected chi connectivity index (χ0v) is 21.7. The fourth-order valence-corrected chi connectivity index (χ4v) is 5.18. The highest BCUT2D eigenvalue weighted by Crippen LogP contribution is 2.47. The zero-order valence-electron chi connectivity index (χ0n) is 21.7. The quantitative estimate of drug-likeness (QED) is 0.234. The molecule has 1 aliphatic carbocycles. The smallest absolute Gasteiger partial charge is 0.323 e. The molecule has 3 atom stereocenters. The Labute approximate surface area is 220 Å². The van der Waals surface area contributed by atoms with Crippen molar-refractivity contribution in [3.8, 4) is 11.1 Å². The maximum atomic E-state index is 12.9. The highest BCUT2D eigenvalue weighted by atomic mass is 16.6. The molecule has 0 saturated carbocycles. The van der Waals surface area contributed by atoms with Gasteiger partial charge in [0, 0.05) is 20.3 Å². The number of methoxy groups -OCH3 is 2. The number of hydrogen-bond acceptors (Lipinski definition) is 9. The normalized spacial score (nSPS) is 21.2. The van der Waals surface area contributed by atoms with E-state index in [2.05, 4.69) is 0 Å². The van der Waals surface area contributed by atoms with Crippen molar-refractivity contribution in [2.75, 3.05) is 20.8 Å². The van der Waals surface area contributed by atoms with Crippen LogP contribution in [0.3, 0.4) is 0 Å². The van der Waals surface area contributed by atoms with E-state index in [0.29, 0.717) is 0 Å². The average Bonchev–Trinajstić information content (AvgIpc) is 3.32. The van der Waals surface area contributed by atoms with E-state index in [1.807, 2.05) is 42.5 Å². The maximum absolute atomic E-state index is 12.9. The molecule has 0 aromatic heterocycles. The molecular formula is C29H30O9. The van der Waals surface area contributed by atoms with Crippen LogP contribution in [0.25, 0.3) is 11.1 Å². The molecule has 0 N–H and O–H groups in total. The van der Waals surface area contributed by atoms with Crippen LogP contribution in [-0.4, -0.2) is 56.9 Å². The van der Waals surface area contributed by atoms with Crippen molar-refractivity contribution < 1.29 is 42.9 Å². The summed E-state index contributed by atoms with van der Waals surface area (Å²) in [5.41, 5.74) is 2.57. The number of fused-ring (bicyclic) bond motifs is 1. The van der Waals surface area contributed by atoms with Gasteiger partial charge in [-0.15, -0.1) is 0 Å². The van der Waals surface area contributed by atoms with Gasteiger partial charge in [-0.05, 0) is 40.3 Å². The average molecular weight is 523 g/mol. The molecule has 0 amide bonds. The second-order valence-corrected chi connectivity index (χ2v) is 9.31. The third-order valence-corrected chi connectivity index (χ3v) is 6.86. The molecule has 200 valence electrons. The van der Waals surface area contributed by atoms with Gasteiger partial charge in [-0.2, -0.15) is 0 Å². The van der Waals surface area contributed by atoms with E-state index in [9.17, 15) is 19.2 Å². The van der Waals surface area contributed by atoms with Crippen LogP contribution in [0.15, 0.2) is 54.6 Å². The van der Waals surface area contributed by atoms with Crippen LogP contribution in [0.5, 0.6) is 0 Å². The monoisotopic (exact) mass is 522 g/mol. The Hall–Kier alpha value is -3.98. The molecule has 0 saturated heterocycles. The third kappa shape index (κ3) is 5.19. The molecule has 0 radical (unpaired) electrons. The summed E-state index contributed by atoms with van der Waals surface area (Å²) in [7, 11) is 2.49. The molecule has 9 nitrogen and oxygen atoms in total. The molecule has 4 rings (SSSR count). The van der Waals surface area contributed by atoms with E-state index in [0.717, 1.165) is 27.8 Å². The van der Waals surface area contributed by atoms with E-state index < -0.39 is 47.6 Å². The Bertz CT molecular complexity index is 1250. The maximum Gasteiger partial charge on any atom is 0.323 e. The van der Waals surface area contributed by atoms with Crippen LogP contribution in [0.4, 0.5) is 0 Å². The van der Waals surface area contributed by atoms with Gasteiger partial charge < -0.3 is 23.7 Å². The Morgan fingerprint density at radius 2 is 1.58 bits per heavy atom. The number of ether oxygens (including phenoxy) is 5. The van der Waals surface area contributed by atoms with Gasteiger partial charge in [0.05, 0.1) is 14.2 Å². The lowest BCUT2D eigenvalue weighted by atomic mass is 9.83. The fourth-order valence-electron chi connectivity index (χ4n) is 5.18. The molecule has 0 unspecified atom stereocenters. The van der Waals surface area contributed by atoms with Crippen molar-refractivity contribution in [2.24, 2.45) is 5.41 Å².